The first kappa shape index (κ1) is 17.1. The Morgan fingerprint density at radius 2 is 1.93 bits per heavy atom. The van der Waals surface area contributed by atoms with E-state index >= 15 is 0 Å². The molecule has 0 unspecified atom stereocenters. The molecule has 0 saturated heterocycles. The van der Waals surface area contributed by atoms with Crippen molar-refractivity contribution >= 4 is 23.1 Å². The van der Waals surface area contributed by atoms with Crippen LogP contribution in [-0.2, 0) is 9.53 Å². The molecule has 0 atom stereocenters. The number of ketones is 1. The normalized spacial score (nSPS) is 15.6. The summed E-state index contributed by atoms with van der Waals surface area (Å²) in [6.07, 6.45) is 4.07. The molecule has 1 heterocycles. The van der Waals surface area contributed by atoms with E-state index in [1.54, 1.807) is 19.1 Å². The average molecular weight is 361 g/mol. The zero-order valence-corrected chi connectivity index (χ0v) is 15.0. The Morgan fingerprint density at radius 1 is 1.15 bits per heavy atom. The lowest BCUT2D eigenvalue weighted by atomic mass is 10.0. The number of nitrogens with zero attached hydrogens (tertiary/aromatic N) is 1. The lowest BCUT2D eigenvalue weighted by molar-refractivity contribution is -0.115. The summed E-state index contributed by atoms with van der Waals surface area (Å²) in [6, 6.07) is 14.9. The monoisotopic (exact) mass is 361 g/mol. The quantitative estimate of drug-likeness (QED) is 0.768. The maximum Gasteiger partial charge on any atom is 0.338 e. The largest absolute Gasteiger partial charge is 0.462 e. The van der Waals surface area contributed by atoms with E-state index in [0.29, 0.717) is 42.2 Å². The molecule has 0 saturated carbocycles. The van der Waals surface area contributed by atoms with Gasteiger partial charge < -0.3 is 14.4 Å². The Bertz CT molecular complexity index is 957. The smallest absolute Gasteiger partial charge is 0.338 e. The van der Waals surface area contributed by atoms with Crippen molar-refractivity contribution < 1.29 is 19.1 Å². The Morgan fingerprint density at radius 3 is 2.70 bits per heavy atom. The molecule has 0 bridgehead atoms. The van der Waals surface area contributed by atoms with Gasteiger partial charge in [0.15, 0.2) is 11.5 Å². The van der Waals surface area contributed by atoms with Gasteiger partial charge in [0.1, 0.15) is 5.76 Å². The van der Waals surface area contributed by atoms with E-state index in [1.165, 1.54) is 0 Å². The summed E-state index contributed by atoms with van der Waals surface area (Å²) >= 11 is 0. The summed E-state index contributed by atoms with van der Waals surface area (Å²) in [5.74, 6) is 1.01. The van der Waals surface area contributed by atoms with E-state index in [0.717, 1.165) is 11.4 Å². The van der Waals surface area contributed by atoms with Crippen LogP contribution in [0.1, 0.15) is 23.7 Å². The van der Waals surface area contributed by atoms with Crippen molar-refractivity contribution in [2.24, 2.45) is 0 Å². The average Bonchev–Trinajstić information content (AvgIpc) is 2.86. The summed E-state index contributed by atoms with van der Waals surface area (Å²) in [7, 11) is 0. The van der Waals surface area contributed by atoms with E-state index in [1.807, 2.05) is 53.5 Å². The number of rotatable bonds is 3. The fraction of sp³-hybridized carbons (Fsp3) is 0.182. The van der Waals surface area contributed by atoms with Crippen molar-refractivity contribution in [3.05, 3.63) is 77.6 Å². The number of hydrogen-bond acceptors (Lipinski definition) is 5. The number of anilines is 2. The second-order valence-electron chi connectivity index (χ2n) is 6.30. The molecule has 0 aromatic heterocycles. The van der Waals surface area contributed by atoms with Crippen LogP contribution in [0.5, 0.6) is 5.75 Å². The minimum atomic E-state index is -0.346. The van der Waals surface area contributed by atoms with E-state index in [-0.39, 0.29) is 11.8 Å². The van der Waals surface area contributed by atoms with Gasteiger partial charge in [-0.3, -0.25) is 4.79 Å². The second-order valence-corrected chi connectivity index (χ2v) is 6.30. The van der Waals surface area contributed by atoms with Gasteiger partial charge in [0.05, 0.1) is 30.0 Å². The Hall–Kier alpha value is -3.34. The van der Waals surface area contributed by atoms with Crippen molar-refractivity contribution in [2.45, 2.75) is 13.3 Å². The molecular weight excluding hydrogens is 342 g/mol. The maximum atomic E-state index is 12.4. The number of benzene rings is 2. The highest BCUT2D eigenvalue weighted by molar-refractivity contribution is 6.00. The number of Topliss-reactive ketones (excluding diaryl/α,β-unsaturated/α-hetero) is 1. The summed E-state index contributed by atoms with van der Waals surface area (Å²) in [5.41, 5.74) is 2.90. The van der Waals surface area contributed by atoms with E-state index in [9.17, 15) is 9.59 Å². The molecule has 2 aliphatic rings. The summed E-state index contributed by atoms with van der Waals surface area (Å²) in [6.45, 7) is 2.53. The highest BCUT2D eigenvalue weighted by Gasteiger charge is 2.27. The minimum absolute atomic E-state index is 0.0634. The standard InChI is InChI=1S/C22H19NO4/c1-2-26-22(25)15-10-12-16(13-11-15)23-14-17-19(24)7-5-9-20(17)27-21-8-4-3-6-18(21)23/h3-6,8-13H,2,7,14H2,1H3. The number of carbonyl (C=O) groups excluding carboxylic acids is 2. The molecule has 0 spiro atoms. The van der Waals surface area contributed by atoms with Crippen LogP contribution in [0, 0.1) is 0 Å². The number of allylic oxidation sites excluding steroid dienone is 2. The van der Waals surface area contributed by atoms with Gasteiger partial charge in [-0.05, 0) is 49.4 Å². The number of fused-ring (bicyclic) bond motifs is 1. The predicted octanol–water partition coefficient (Wildman–Crippen LogP) is 4.18. The Labute approximate surface area is 157 Å². The van der Waals surface area contributed by atoms with Gasteiger partial charge in [-0.2, -0.15) is 0 Å². The number of esters is 1. The van der Waals surface area contributed by atoms with Crippen LogP contribution < -0.4 is 9.64 Å². The lowest BCUT2D eigenvalue weighted by Gasteiger charge is -2.25. The second kappa shape index (κ2) is 7.11. The van der Waals surface area contributed by atoms with Gasteiger partial charge in [0, 0.05) is 12.1 Å². The molecule has 0 radical (unpaired) electrons. The first-order valence-electron chi connectivity index (χ1n) is 8.92. The Balaban J connectivity index is 1.74. The van der Waals surface area contributed by atoms with Gasteiger partial charge in [0.2, 0.25) is 0 Å². The van der Waals surface area contributed by atoms with Crippen LogP contribution in [0.25, 0.3) is 0 Å². The van der Waals surface area contributed by atoms with E-state index in [2.05, 4.69) is 0 Å². The number of carbonyl (C=O) groups is 2. The molecule has 4 rings (SSSR count). The molecule has 0 amide bonds. The molecule has 27 heavy (non-hydrogen) atoms. The number of ether oxygens (including phenoxy) is 2. The minimum Gasteiger partial charge on any atom is -0.462 e. The third-order valence-corrected chi connectivity index (χ3v) is 4.59. The van der Waals surface area contributed by atoms with Crippen molar-refractivity contribution in [3.8, 4) is 5.75 Å². The molecule has 2 aromatic carbocycles. The predicted molar refractivity (Wildman–Crippen MR) is 102 cm³/mol. The topological polar surface area (TPSA) is 55.8 Å². The van der Waals surface area contributed by atoms with Crippen molar-refractivity contribution in [1.29, 1.82) is 0 Å². The molecule has 136 valence electrons. The van der Waals surface area contributed by atoms with Gasteiger partial charge in [-0.25, -0.2) is 4.79 Å². The van der Waals surface area contributed by atoms with E-state index < -0.39 is 0 Å². The van der Waals surface area contributed by atoms with Crippen LogP contribution >= 0.6 is 0 Å². The molecular formula is C22H19NO4. The summed E-state index contributed by atoms with van der Waals surface area (Å²) < 4.78 is 11.1. The van der Waals surface area contributed by atoms with Crippen LogP contribution in [0.4, 0.5) is 11.4 Å². The molecule has 5 heteroatoms. The molecule has 1 aliphatic carbocycles. The van der Waals surface area contributed by atoms with Gasteiger partial charge in [0.25, 0.3) is 0 Å². The van der Waals surface area contributed by atoms with Crippen LogP contribution in [-0.4, -0.2) is 24.9 Å². The highest BCUT2D eigenvalue weighted by atomic mass is 16.5. The lowest BCUT2D eigenvalue weighted by Crippen LogP contribution is -2.24. The number of para-hydroxylation sites is 2. The van der Waals surface area contributed by atoms with Gasteiger partial charge in [-0.1, -0.05) is 18.2 Å². The summed E-state index contributed by atoms with van der Waals surface area (Å²) in [4.78, 5) is 26.4. The first-order chi connectivity index (χ1) is 13.2. The maximum absolute atomic E-state index is 12.4. The zero-order valence-electron chi connectivity index (χ0n) is 15.0. The fourth-order valence-corrected chi connectivity index (χ4v) is 3.25. The Kier molecular flexibility index (Phi) is 4.50. The highest BCUT2D eigenvalue weighted by Crippen LogP contribution is 2.39. The van der Waals surface area contributed by atoms with E-state index in [4.69, 9.17) is 9.47 Å². The fourth-order valence-electron chi connectivity index (χ4n) is 3.25. The molecule has 2 aromatic rings. The molecule has 0 fully saturated rings. The van der Waals surface area contributed by atoms with Crippen LogP contribution in [0.2, 0.25) is 0 Å². The summed E-state index contributed by atoms with van der Waals surface area (Å²) in [5, 5.41) is 0. The third-order valence-electron chi connectivity index (χ3n) is 4.59. The van der Waals surface area contributed by atoms with Crippen molar-refractivity contribution in [2.75, 3.05) is 18.1 Å². The van der Waals surface area contributed by atoms with Gasteiger partial charge in [-0.15, -0.1) is 0 Å². The van der Waals surface area contributed by atoms with Crippen LogP contribution in [0.15, 0.2) is 72.0 Å². The molecule has 0 N–H and O–H groups in total. The molecule has 1 aliphatic heterocycles. The van der Waals surface area contributed by atoms with Crippen molar-refractivity contribution in [1.82, 2.24) is 0 Å². The third kappa shape index (κ3) is 3.24. The molecule has 5 nitrogen and oxygen atoms in total. The van der Waals surface area contributed by atoms with Crippen LogP contribution in [0.3, 0.4) is 0 Å². The van der Waals surface area contributed by atoms with Gasteiger partial charge >= 0.3 is 5.97 Å². The first-order valence-corrected chi connectivity index (χ1v) is 8.92. The number of hydrogen-bond donors (Lipinski definition) is 0. The zero-order chi connectivity index (χ0) is 18.8. The van der Waals surface area contributed by atoms with Crippen molar-refractivity contribution in [3.63, 3.8) is 0 Å². The SMILES string of the molecule is CCOC(=O)c1ccc(N2CC3=C(C=CCC3=O)Oc3ccccc32)cc1.